The third kappa shape index (κ3) is 0.627. The molecular weight excluding hydrogens is 116 g/mol. The van der Waals surface area contributed by atoms with E-state index in [0.717, 1.165) is 0 Å². The molecule has 1 aliphatic rings. The molecule has 0 bridgehead atoms. The summed E-state index contributed by atoms with van der Waals surface area (Å²) in [6.45, 7) is -1.70. The molecule has 0 aromatic rings. The third-order valence-corrected chi connectivity index (χ3v) is 0.582. The molecule has 0 atom stereocenters. The van der Waals surface area contributed by atoms with Gasteiger partial charge in [-0.3, -0.25) is 0 Å². The minimum Gasteiger partial charge on any atom is -0.392 e. The Hall–Kier alpha value is -1.10. The van der Waals surface area contributed by atoms with Crippen LogP contribution in [-0.4, -0.2) is 23.5 Å². The van der Waals surface area contributed by atoms with Gasteiger partial charge in [-0.25, -0.2) is 9.59 Å². The highest BCUT2D eigenvalue weighted by Crippen LogP contribution is 2.01. The van der Waals surface area contributed by atoms with E-state index in [1.54, 1.807) is 0 Å². The normalized spacial score (nSPS) is 20.6. The summed E-state index contributed by atoms with van der Waals surface area (Å²) < 4.78 is 7.64. The van der Waals surface area contributed by atoms with E-state index in [1.165, 1.54) is 0 Å². The monoisotopic (exact) mass is 118 g/mol. The summed E-state index contributed by atoms with van der Waals surface area (Å²) in [5.41, 5.74) is 0. The summed E-state index contributed by atoms with van der Waals surface area (Å²) in [5.74, 6) is -2.31. The van der Waals surface area contributed by atoms with Gasteiger partial charge >= 0.3 is 18.4 Å². The van der Waals surface area contributed by atoms with Crippen LogP contribution in [-0.2, 0) is 19.1 Å². The van der Waals surface area contributed by atoms with Crippen molar-refractivity contribution in [1.29, 1.82) is 0 Å². The number of aliphatic hydroxyl groups is 1. The van der Waals surface area contributed by atoms with Crippen molar-refractivity contribution in [1.82, 2.24) is 0 Å². The summed E-state index contributed by atoms with van der Waals surface area (Å²) in [6.07, 6.45) is 0. The van der Waals surface area contributed by atoms with Crippen LogP contribution in [0, 0.1) is 0 Å². The van der Waals surface area contributed by atoms with Crippen LogP contribution in [0.1, 0.15) is 0 Å². The number of carbonyl (C=O) groups is 2. The van der Waals surface area contributed by atoms with Gasteiger partial charge in [-0.15, -0.1) is 0 Å². The van der Waals surface area contributed by atoms with Crippen molar-refractivity contribution in [2.24, 2.45) is 0 Å². The fourth-order valence-electron chi connectivity index (χ4n) is 0.303. The van der Waals surface area contributed by atoms with Crippen LogP contribution in [0.2, 0.25) is 0 Å². The van der Waals surface area contributed by atoms with Crippen LogP contribution >= 0.6 is 0 Å². The van der Waals surface area contributed by atoms with Crippen molar-refractivity contribution in [3.05, 3.63) is 0 Å². The highest BCUT2D eigenvalue weighted by atomic mass is 16.9. The van der Waals surface area contributed by atoms with Crippen molar-refractivity contribution in [3.63, 3.8) is 0 Å². The van der Waals surface area contributed by atoms with Gasteiger partial charge in [0.25, 0.3) is 0 Å². The molecule has 0 aliphatic carbocycles. The minimum atomic E-state index is -1.70. The fraction of sp³-hybridized carbons (Fsp3) is 0.333. The Kier molecular flexibility index (Phi) is 0.911. The van der Waals surface area contributed by atoms with Crippen LogP contribution in [0.4, 0.5) is 0 Å². The van der Waals surface area contributed by atoms with E-state index in [2.05, 4.69) is 9.47 Å². The summed E-state index contributed by atoms with van der Waals surface area (Å²) in [5, 5.41) is 8.18. The third-order valence-electron chi connectivity index (χ3n) is 0.582. The molecule has 0 saturated carbocycles. The van der Waals surface area contributed by atoms with Crippen LogP contribution in [0.15, 0.2) is 0 Å². The average Bonchev–Trinajstić information content (AvgIpc) is 1.85. The summed E-state index contributed by atoms with van der Waals surface area (Å²) in [7, 11) is 0. The predicted molar refractivity (Wildman–Crippen MR) is 18.2 cm³/mol. The maximum Gasteiger partial charge on any atom is 0.422 e. The van der Waals surface area contributed by atoms with Gasteiger partial charge in [0.1, 0.15) is 0 Å². The second-order valence-electron chi connectivity index (χ2n) is 1.12. The maximum atomic E-state index is 9.93. The molecule has 0 amide bonds. The predicted octanol–water partition coefficient (Wildman–Crippen LogP) is -1.64. The number of aliphatic hydroxyl groups excluding tert-OH is 1. The Balaban J connectivity index is 2.64. The Morgan fingerprint density at radius 3 is 1.75 bits per heavy atom. The van der Waals surface area contributed by atoms with Crippen LogP contribution < -0.4 is 0 Å². The first-order valence-corrected chi connectivity index (χ1v) is 1.80. The van der Waals surface area contributed by atoms with Gasteiger partial charge in [0.05, 0.1) is 0 Å². The Labute approximate surface area is 43.8 Å². The first kappa shape index (κ1) is 5.04. The van der Waals surface area contributed by atoms with Crippen molar-refractivity contribution >= 4 is 11.9 Å². The zero-order valence-corrected chi connectivity index (χ0v) is 3.66. The largest absolute Gasteiger partial charge is 0.422 e. The zero-order valence-electron chi connectivity index (χ0n) is 3.66. The van der Waals surface area contributed by atoms with Gasteiger partial charge in [-0.05, 0) is 0 Å². The van der Waals surface area contributed by atoms with E-state index < -0.39 is 18.4 Å². The van der Waals surface area contributed by atoms with Gasteiger partial charge in [-0.2, -0.15) is 0 Å². The molecule has 0 unspecified atom stereocenters. The molecule has 0 radical (unpaired) electrons. The molecule has 0 spiro atoms. The van der Waals surface area contributed by atoms with E-state index in [0.29, 0.717) is 0 Å². The minimum absolute atomic E-state index is 1.16. The summed E-state index contributed by atoms with van der Waals surface area (Å²) >= 11 is 0. The summed E-state index contributed by atoms with van der Waals surface area (Å²) in [6, 6.07) is 0. The molecule has 1 heterocycles. The highest BCUT2D eigenvalue weighted by Gasteiger charge is 2.32. The number of esters is 2. The van der Waals surface area contributed by atoms with E-state index in [9.17, 15) is 9.59 Å². The molecule has 1 rings (SSSR count). The van der Waals surface area contributed by atoms with Gasteiger partial charge in [0.2, 0.25) is 0 Å². The molecule has 5 nitrogen and oxygen atoms in total. The number of ether oxygens (including phenoxy) is 2. The molecule has 8 heavy (non-hydrogen) atoms. The maximum absolute atomic E-state index is 9.93. The van der Waals surface area contributed by atoms with Crippen molar-refractivity contribution < 1.29 is 24.2 Å². The zero-order chi connectivity index (χ0) is 6.15. The quantitative estimate of drug-likeness (QED) is 0.305. The number of rotatable bonds is 0. The molecule has 1 fully saturated rings. The lowest BCUT2D eigenvalue weighted by molar-refractivity contribution is -0.201. The molecule has 44 valence electrons. The van der Waals surface area contributed by atoms with E-state index in [4.69, 9.17) is 5.11 Å². The molecule has 0 aromatic heterocycles. The molecule has 0 aromatic carbocycles. The Morgan fingerprint density at radius 1 is 1.25 bits per heavy atom. The summed E-state index contributed by atoms with van der Waals surface area (Å²) in [4.78, 5) is 19.9. The van der Waals surface area contributed by atoms with E-state index in [1.807, 2.05) is 0 Å². The van der Waals surface area contributed by atoms with Crippen molar-refractivity contribution in [2.75, 3.05) is 0 Å². The highest BCUT2D eigenvalue weighted by molar-refractivity contribution is 6.30. The lowest BCUT2D eigenvalue weighted by Crippen LogP contribution is -2.05. The van der Waals surface area contributed by atoms with Gasteiger partial charge in [-0.1, -0.05) is 0 Å². The Bertz CT molecular complexity index is 123. The number of hydrogen-bond donors (Lipinski definition) is 1. The Morgan fingerprint density at radius 2 is 1.62 bits per heavy atom. The van der Waals surface area contributed by atoms with E-state index >= 15 is 0 Å². The van der Waals surface area contributed by atoms with Gasteiger partial charge in [0.15, 0.2) is 0 Å². The van der Waals surface area contributed by atoms with Crippen molar-refractivity contribution in [3.8, 4) is 0 Å². The number of hydrogen-bond acceptors (Lipinski definition) is 5. The number of cyclic esters (lactones) is 2. The first-order chi connectivity index (χ1) is 3.70. The van der Waals surface area contributed by atoms with Gasteiger partial charge in [0, 0.05) is 0 Å². The molecule has 1 saturated heterocycles. The fourth-order valence-corrected chi connectivity index (χ4v) is 0.303. The van der Waals surface area contributed by atoms with Crippen LogP contribution in [0.25, 0.3) is 0 Å². The first-order valence-electron chi connectivity index (χ1n) is 1.80. The second kappa shape index (κ2) is 1.45. The molecule has 1 N–H and O–H groups in total. The lowest BCUT2D eigenvalue weighted by Gasteiger charge is -1.92. The topological polar surface area (TPSA) is 72.8 Å². The molecule has 1 aliphatic heterocycles. The lowest BCUT2D eigenvalue weighted by atomic mass is 10.7. The van der Waals surface area contributed by atoms with Gasteiger partial charge < -0.3 is 14.6 Å². The van der Waals surface area contributed by atoms with Crippen molar-refractivity contribution in [2.45, 2.75) is 6.48 Å². The van der Waals surface area contributed by atoms with Crippen LogP contribution in [0.5, 0.6) is 0 Å². The number of carbonyl (C=O) groups excluding carboxylic acids is 2. The average molecular weight is 118 g/mol. The standard InChI is InChI=1S/C3H2O5/c4-1-2(5)8-3(6)7-1/h3,6H. The molecular formula is C3H2O5. The second-order valence-corrected chi connectivity index (χ2v) is 1.12. The van der Waals surface area contributed by atoms with Crippen LogP contribution in [0.3, 0.4) is 0 Å². The molecule has 5 heteroatoms. The van der Waals surface area contributed by atoms with E-state index in [-0.39, 0.29) is 0 Å². The smallest absolute Gasteiger partial charge is 0.392 e. The SMILES string of the molecule is O=C1OC(O)OC1=O.